The van der Waals surface area contributed by atoms with E-state index in [1.54, 1.807) is 21.8 Å². The van der Waals surface area contributed by atoms with Gasteiger partial charge in [0.05, 0.1) is 12.1 Å². The molecule has 4 rings (SSSR count). The Labute approximate surface area is 142 Å². The van der Waals surface area contributed by atoms with Crippen LogP contribution in [0.2, 0.25) is 0 Å². The Bertz CT molecular complexity index is 886. The van der Waals surface area contributed by atoms with Crippen molar-refractivity contribution in [1.29, 1.82) is 0 Å². The molecule has 3 aromatic rings. The number of pyridine rings is 1. The normalized spacial score (nSPS) is 14.4. The van der Waals surface area contributed by atoms with E-state index in [-0.39, 0.29) is 5.91 Å². The van der Waals surface area contributed by atoms with Crippen molar-refractivity contribution in [2.75, 3.05) is 6.54 Å². The lowest BCUT2D eigenvalue weighted by atomic mass is 10.3. The van der Waals surface area contributed by atoms with Gasteiger partial charge in [0.1, 0.15) is 6.33 Å². The summed E-state index contributed by atoms with van der Waals surface area (Å²) in [6.45, 7) is 1.79. The van der Waals surface area contributed by atoms with Gasteiger partial charge in [-0.1, -0.05) is 0 Å². The molecule has 1 amide bonds. The summed E-state index contributed by atoms with van der Waals surface area (Å²) in [5, 5.41) is 12.3. The maximum absolute atomic E-state index is 12.7. The van der Waals surface area contributed by atoms with Crippen molar-refractivity contribution in [2.24, 2.45) is 0 Å². The van der Waals surface area contributed by atoms with Crippen LogP contribution in [-0.2, 0) is 13.1 Å². The molecule has 112 valence electrons. The Hall–Kier alpha value is -1.74. The summed E-state index contributed by atoms with van der Waals surface area (Å²) in [6.07, 6.45) is 3.51. The van der Waals surface area contributed by atoms with Gasteiger partial charge in [-0.3, -0.25) is 4.79 Å². The molecule has 0 atom stereocenters. The Morgan fingerprint density at radius 2 is 2.09 bits per heavy atom. The van der Waals surface area contributed by atoms with Crippen molar-refractivity contribution >= 4 is 43.3 Å². The van der Waals surface area contributed by atoms with Crippen LogP contribution >= 0.6 is 31.9 Å². The zero-order valence-corrected chi connectivity index (χ0v) is 14.5. The van der Waals surface area contributed by atoms with Crippen molar-refractivity contribution in [2.45, 2.75) is 13.1 Å². The fourth-order valence-corrected chi connectivity index (χ4v) is 3.80. The van der Waals surface area contributed by atoms with Gasteiger partial charge in [-0.25, -0.2) is 4.52 Å². The van der Waals surface area contributed by atoms with E-state index in [1.807, 2.05) is 16.8 Å². The summed E-state index contributed by atoms with van der Waals surface area (Å²) in [5.74, 6) is 0.702. The molecule has 0 saturated carbocycles. The molecule has 0 aliphatic carbocycles. The summed E-state index contributed by atoms with van der Waals surface area (Å²) < 4.78 is 5.42. The molecule has 4 heterocycles. The molecule has 0 spiro atoms. The lowest BCUT2D eigenvalue weighted by Crippen LogP contribution is -2.38. The molecule has 0 radical (unpaired) electrons. The summed E-state index contributed by atoms with van der Waals surface area (Å²) in [4.78, 5) is 14.4. The molecular formula is C13H10Br2N6O. The fraction of sp³-hybridized carbons (Fsp3) is 0.231. The average Bonchev–Trinajstić information content (AvgIpc) is 3.11. The Morgan fingerprint density at radius 1 is 1.23 bits per heavy atom. The number of carbonyl (C=O) groups is 1. The van der Waals surface area contributed by atoms with Gasteiger partial charge in [0, 0.05) is 28.2 Å². The van der Waals surface area contributed by atoms with E-state index >= 15 is 0 Å². The number of amides is 1. The number of halogens is 2. The van der Waals surface area contributed by atoms with Crippen molar-refractivity contribution in [1.82, 2.24) is 29.3 Å². The van der Waals surface area contributed by atoms with Crippen LogP contribution in [0.1, 0.15) is 16.3 Å². The van der Waals surface area contributed by atoms with Crippen LogP contribution in [0.15, 0.2) is 33.6 Å². The van der Waals surface area contributed by atoms with E-state index in [0.717, 1.165) is 20.3 Å². The highest BCUT2D eigenvalue weighted by Gasteiger charge is 2.25. The van der Waals surface area contributed by atoms with Gasteiger partial charge in [-0.15, -0.1) is 10.2 Å². The number of fused-ring (bicyclic) bond motifs is 2. The minimum absolute atomic E-state index is 0.0963. The second-order valence-corrected chi connectivity index (χ2v) is 6.80. The monoisotopic (exact) mass is 424 g/mol. The first kappa shape index (κ1) is 13.9. The Kier molecular flexibility index (Phi) is 3.26. The van der Waals surface area contributed by atoms with Crippen molar-refractivity contribution in [3.63, 3.8) is 0 Å². The Balaban J connectivity index is 1.67. The van der Waals surface area contributed by atoms with E-state index in [0.29, 0.717) is 25.3 Å². The van der Waals surface area contributed by atoms with E-state index in [9.17, 15) is 4.79 Å². The molecule has 0 N–H and O–H groups in total. The van der Waals surface area contributed by atoms with Crippen molar-refractivity contribution < 1.29 is 4.79 Å². The smallest absolute Gasteiger partial charge is 0.274 e. The third kappa shape index (κ3) is 2.24. The maximum Gasteiger partial charge on any atom is 0.274 e. The first-order valence-corrected chi connectivity index (χ1v) is 8.21. The SMILES string of the molecule is O=C(c1cc2c(Br)cc(Br)cn2n1)N1CCn2cnnc2C1. The lowest BCUT2D eigenvalue weighted by molar-refractivity contribution is 0.0701. The second kappa shape index (κ2) is 5.17. The second-order valence-electron chi connectivity index (χ2n) is 5.03. The average molecular weight is 426 g/mol. The van der Waals surface area contributed by atoms with Gasteiger partial charge in [-0.2, -0.15) is 5.10 Å². The van der Waals surface area contributed by atoms with Crippen LogP contribution < -0.4 is 0 Å². The van der Waals surface area contributed by atoms with Crippen LogP contribution in [0, 0.1) is 0 Å². The molecule has 0 bridgehead atoms. The maximum atomic E-state index is 12.7. The molecule has 1 aliphatic heterocycles. The summed E-state index contributed by atoms with van der Waals surface area (Å²) in [7, 11) is 0. The predicted molar refractivity (Wildman–Crippen MR) is 85.4 cm³/mol. The summed E-state index contributed by atoms with van der Waals surface area (Å²) in [6, 6.07) is 3.72. The first-order valence-electron chi connectivity index (χ1n) is 6.62. The van der Waals surface area contributed by atoms with Crippen molar-refractivity contribution in [3.05, 3.63) is 45.1 Å². The van der Waals surface area contributed by atoms with Crippen LogP contribution in [0.25, 0.3) is 5.52 Å². The van der Waals surface area contributed by atoms with E-state index in [2.05, 4.69) is 47.2 Å². The standard InChI is InChI=1S/C13H10Br2N6O/c14-8-3-9(15)11-4-10(18-21(11)5-8)13(22)19-1-2-20-7-16-17-12(20)6-19/h3-5,7H,1-2,6H2. The summed E-state index contributed by atoms with van der Waals surface area (Å²) >= 11 is 6.90. The zero-order chi connectivity index (χ0) is 15.3. The van der Waals surface area contributed by atoms with E-state index < -0.39 is 0 Å². The molecule has 0 aromatic carbocycles. The number of rotatable bonds is 1. The van der Waals surface area contributed by atoms with Crippen LogP contribution in [0.3, 0.4) is 0 Å². The van der Waals surface area contributed by atoms with E-state index in [1.165, 1.54) is 0 Å². The third-order valence-corrected chi connectivity index (χ3v) is 4.70. The molecule has 22 heavy (non-hydrogen) atoms. The first-order chi connectivity index (χ1) is 10.6. The molecular weight excluding hydrogens is 416 g/mol. The van der Waals surface area contributed by atoms with Crippen LogP contribution in [0.4, 0.5) is 0 Å². The minimum Gasteiger partial charge on any atom is -0.328 e. The molecule has 0 saturated heterocycles. The largest absolute Gasteiger partial charge is 0.328 e. The van der Waals surface area contributed by atoms with E-state index in [4.69, 9.17) is 0 Å². The number of carbonyl (C=O) groups excluding carboxylic acids is 1. The number of hydrogen-bond acceptors (Lipinski definition) is 4. The van der Waals surface area contributed by atoms with Crippen LogP contribution in [0.5, 0.6) is 0 Å². The van der Waals surface area contributed by atoms with Gasteiger partial charge in [-0.05, 0) is 44.0 Å². The lowest BCUT2D eigenvalue weighted by Gasteiger charge is -2.26. The molecule has 0 unspecified atom stereocenters. The molecule has 3 aromatic heterocycles. The highest BCUT2D eigenvalue weighted by Crippen LogP contribution is 2.24. The topological polar surface area (TPSA) is 68.3 Å². The molecule has 9 heteroatoms. The van der Waals surface area contributed by atoms with Gasteiger partial charge in [0.25, 0.3) is 5.91 Å². The number of aromatic nitrogens is 5. The van der Waals surface area contributed by atoms with Crippen LogP contribution in [-0.4, -0.2) is 41.7 Å². The van der Waals surface area contributed by atoms with Crippen molar-refractivity contribution in [3.8, 4) is 0 Å². The molecule has 0 fully saturated rings. The Morgan fingerprint density at radius 3 is 2.95 bits per heavy atom. The van der Waals surface area contributed by atoms with Gasteiger partial charge >= 0.3 is 0 Å². The zero-order valence-electron chi connectivity index (χ0n) is 11.3. The third-order valence-electron chi connectivity index (χ3n) is 3.64. The fourth-order valence-electron chi connectivity index (χ4n) is 2.53. The minimum atomic E-state index is -0.0963. The number of hydrogen-bond donors (Lipinski definition) is 0. The highest BCUT2D eigenvalue weighted by molar-refractivity contribution is 9.11. The number of nitrogens with zero attached hydrogens (tertiary/aromatic N) is 6. The quantitative estimate of drug-likeness (QED) is 0.598. The van der Waals surface area contributed by atoms with Gasteiger partial charge < -0.3 is 9.47 Å². The molecule has 7 nitrogen and oxygen atoms in total. The molecule has 1 aliphatic rings. The van der Waals surface area contributed by atoms with Gasteiger partial charge in [0.2, 0.25) is 0 Å². The summed E-state index contributed by atoms with van der Waals surface area (Å²) in [5.41, 5.74) is 1.28. The van der Waals surface area contributed by atoms with Gasteiger partial charge in [0.15, 0.2) is 11.5 Å². The highest BCUT2D eigenvalue weighted by atomic mass is 79.9. The predicted octanol–water partition coefficient (Wildman–Crippen LogP) is 2.11.